The minimum Gasteiger partial charge on any atom is -0.478 e. The van der Waals surface area contributed by atoms with Crippen LogP contribution in [0.5, 0.6) is 11.6 Å². The van der Waals surface area contributed by atoms with Gasteiger partial charge in [-0.1, -0.05) is 0 Å². The van der Waals surface area contributed by atoms with Gasteiger partial charge in [0.05, 0.1) is 5.56 Å². The molecule has 1 heterocycles. The summed E-state index contributed by atoms with van der Waals surface area (Å²) >= 11 is 0. The summed E-state index contributed by atoms with van der Waals surface area (Å²) in [5.41, 5.74) is 0.170. The molecule has 0 bridgehead atoms. The first-order valence-corrected chi connectivity index (χ1v) is 4.89. The molecule has 1 aromatic heterocycles. The van der Waals surface area contributed by atoms with E-state index in [4.69, 9.17) is 9.84 Å². The zero-order valence-electron chi connectivity index (χ0n) is 9.20. The highest BCUT2D eigenvalue weighted by Gasteiger charge is 2.17. The Kier molecular flexibility index (Phi) is 2.97. The SMILES string of the molecule is Cc1cc(Oc2c(F)cc(C(=O)O)cc2F)n[nH]1. The molecule has 0 saturated heterocycles. The van der Waals surface area contributed by atoms with Crippen LogP contribution >= 0.6 is 0 Å². The summed E-state index contributed by atoms with van der Waals surface area (Å²) in [5.74, 6) is -4.32. The van der Waals surface area contributed by atoms with Crippen LogP contribution in [-0.4, -0.2) is 21.3 Å². The molecular formula is C11H8F2N2O3. The number of carboxylic acids is 1. The number of hydrogen-bond donors (Lipinski definition) is 2. The number of H-pyrrole nitrogens is 1. The molecule has 0 unspecified atom stereocenters. The second-order valence-electron chi connectivity index (χ2n) is 3.57. The van der Waals surface area contributed by atoms with E-state index in [1.54, 1.807) is 6.92 Å². The van der Waals surface area contributed by atoms with Crippen molar-refractivity contribution in [3.05, 3.63) is 41.1 Å². The molecule has 0 atom stereocenters. The van der Waals surface area contributed by atoms with E-state index in [2.05, 4.69) is 10.2 Å². The van der Waals surface area contributed by atoms with Crippen molar-refractivity contribution in [2.45, 2.75) is 6.92 Å². The number of aromatic amines is 1. The summed E-state index contributed by atoms with van der Waals surface area (Å²) < 4.78 is 31.9. The highest BCUT2D eigenvalue weighted by Crippen LogP contribution is 2.27. The number of nitrogens with one attached hydrogen (secondary N) is 1. The fourth-order valence-electron chi connectivity index (χ4n) is 1.33. The van der Waals surface area contributed by atoms with Crippen LogP contribution in [0.1, 0.15) is 16.1 Å². The number of nitrogens with zero attached hydrogens (tertiary/aromatic N) is 1. The zero-order valence-corrected chi connectivity index (χ0v) is 9.20. The number of hydrogen-bond acceptors (Lipinski definition) is 3. The fourth-order valence-corrected chi connectivity index (χ4v) is 1.33. The van der Waals surface area contributed by atoms with Crippen LogP contribution in [0.3, 0.4) is 0 Å². The maximum atomic E-state index is 13.5. The molecule has 0 saturated carbocycles. The standard InChI is InChI=1S/C11H8F2N2O3/c1-5-2-9(15-14-5)18-10-7(12)3-6(11(16)17)4-8(10)13/h2-4H,1H3,(H,14,15)(H,16,17). The molecule has 0 aliphatic heterocycles. The van der Waals surface area contributed by atoms with Gasteiger partial charge in [-0.2, -0.15) is 0 Å². The number of aromatic carboxylic acids is 1. The lowest BCUT2D eigenvalue weighted by molar-refractivity contribution is 0.0695. The molecule has 2 aromatic rings. The molecule has 0 aliphatic carbocycles. The maximum Gasteiger partial charge on any atom is 0.335 e. The van der Waals surface area contributed by atoms with E-state index in [9.17, 15) is 13.6 Å². The van der Waals surface area contributed by atoms with E-state index in [-0.39, 0.29) is 5.88 Å². The number of benzene rings is 1. The van der Waals surface area contributed by atoms with Gasteiger partial charge in [0.1, 0.15) is 0 Å². The van der Waals surface area contributed by atoms with Gasteiger partial charge in [-0.3, -0.25) is 5.10 Å². The Morgan fingerprint density at radius 1 is 1.33 bits per heavy atom. The van der Waals surface area contributed by atoms with Crippen molar-refractivity contribution in [2.75, 3.05) is 0 Å². The quantitative estimate of drug-likeness (QED) is 0.882. The van der Waals surface area contributed by atoms with Crippen molar-refractivity contribution in [1.29, 1.82) is 0 Å². The normalized spacial score (nSPS) is 10.4. The average Bonchev–Trinajstić information content (AvgIpc) is 2.69. The second kappa shape index (κ2) is 4.44. The van der Waals surface area contributed by atoms with E-state index in [0.717, 1.165) is 0 Å². The van der Waals surface area contributed by atoms with Gasteiger partial charge in [0, 0.05) is 11.8 Å². The fraction of sp³-hybridized carbons (Fsp3) is 0.0909. The van der Waals surface area contributed by atoms with E-state index >= 15 is 0 Å². The van der Waals surface area contributed by atoms with E-state index in [1.165, 1.54) is 6.07 Å². The van der Waals surface area contributed by atoms with E-state index in [0.29, 0.717) is 17.8 Å². The lowest BCUT2D eigenvalue weighted by Crippen LogP contribution is -2.01. The highest BCUT2D eigenvalue weighted by atomic mass is 19.1. The predicted octanol–water partition coefficient (Wildman–Crippen LogP) is 2.49. The number of rotatable bonds is 3. The monoisotopic (exact) mass is 254 g/mol. The molecule has 0 fully saturated rings. The Labute approximate surface area is 100 Å². The Bertz CT molecular complexity index is 587. The van der Waals surface area contributed by atoms with E-state index < -0.39 is 28.9 Å². The molecule has 2 rings (SSSR count). The molecule has 18 heavy (non-hydrogen) atoms. The first-order chi connectivity index (χ1) is 8.47. The number of aryl methyl sites for hydroxylation is 1. The Morgan fingerprint density at radius 3 is 2.39 bits per heavy atom. The Morgan fingerprint density at radius 2 is 1.94 bits per heavy atom. The van der Waals surface area contributed by atoms with Gasteiger partial charge in [-0.05, 0) is 19.1 Å². The third-order valence-corrected chi connectivity index (χ3v) is 2.13. The van der Waals surface area contributed by atoms with Crippen molar-refractivity contribution in [2.24, 2.45) is 0 Å². The molecule has 2 N–H and O–H groups in total. The van der Waals surface area contributed by atoms with Gasteiger partial charge in [0.15, 0.2) is 11.6 Å². The summed E-state index contributed by atoms with van der Waals surface area (Å²) in [4.78, 5) is 10.6. The van der Waals surface area contributed by atoms with Crippen LogP contribution in [0, 0.1) is 18.6 Å². The van der Waals surface area contributed by atoms with Gasteiger partial charge >= 0.3 is 5.97 Å². The smallest absolute Gasteiger partial charge is 0.335 e. The molecule has 0 amide bonds. The summed E-state index contributed by atoms with van der Waals surface area (Å²) in [6, 6.07) is 2.81. The average molecular weight is 254 g/mol. The van der Waals surface area contributed by atoms with Crippen molar-refractivity contribution >= 4 is 5.97 Å². The molecule has 1 aromatic carbocycles. The highest BCUT2D eigenvalue weighted by molar-refractivity contribution is 5.87. The van der Waals surface area contributed by atoms with Crippen molar-refractivity contribution in [3.63, 3.8) is 0 Å². The number of halogens is 2. The summed E-state index contributed by atoms with van der Waals surface area (Å²) in [6.45, 7) is 1.69. The van der Waals surface area contributed by atoms with Crippen LogP contribution in [-0.2, 0) is 0 Å². The first kappa shape index (κ1) is 12.0. The predicted molar refractivity (Wildman–Crippen MR) is 56.7 cm³/mol. The number of aromatic nitrogens is 2. The lowest BCUT2D eigenvalue weighted by Gasteiger charge is -2.05. The largest absolute Gasteiger partial charge is 0.478 e. The summed E-state index contributed by atoms with van der Waals surface area (Å²) in [7, 11) is 0. The van der Waals surface area contributed by atoms with Gasteiger partial charge in [-0.15, -0.1) is 5.10 Å². The molecule has 5 nitrogen and oxygen atoms in total. The Balaban J connectivity index is 2.37. The number of carboxylic acid groups (broad SMARTS) is 1. The molecule has 0 radical (unpaired) electrons. The summed E-state index contributed by atoms with van der Waals surface area (Å²) in [5, 5.41) is 14.8. The van der Waals surface area contributed by atoms with Gasteiger partial charge in [0.2, 0.25) is 11.6 Å². The van der Waals surface area contributed by atoms with Crippen LogP contribution in [0.4, 0.5) is 8.78 Å². The topological polar surface area (TPSA) is 75.2 Å². The van der Waals surface area contributed by atoms with Crippen LogP contribution < -0.4 is 4.74 Å². The second-order valence-corrected chi connectivity index (χ2v) is 3.57. The zero-order chi connectivity index (χ0) is 13.3. The molecule has 0 aliphatic rings. The summed E-state index contributed by atoms with van der Waals surface area (Å²) in [6.07, 6.45) is 0. The van der Waals surface area contributed by atoms with Gasteiger partial charge < -0.3 is 9.84 Å². The van der Waals surface area contributed by atoms with Crippen molar-refractivity contribution in [3.8, 4) is 11.6 Å². The molecule has 7 heteroatoms. The molecule has 0 spiro atoms. The van der Waals surface area contributed by atoms with E-state index in [1.807, 2.05) is 0 Å². The van der Waals surface area contributed by atoms with Crippen molar-refractivity contribution < 1.29 is 23.4 Å². The molecular weight excluding hydrogens is 246 g/mol. The van der Waals surface area contributed by atoms with Gasteiger partial charge in [-0.25, -0.2) is 13.6 Å². The lowest BCUT2D eigenvalue weighted by atomic mass is 10.2. The molecule has 94 valence electrons. The van der Waals surface area contributed by atoms with Crippen LogP contribution in [0.15, 0.2) is 18.2 Å². The number of carbonyl (C=O) groups is 1. The first-order valence-electron chi connectivity index (χ1n) is 4.89. The number of ether oxygens (including phenoxy) is 1. The van der Waals surface area contributed by atoms with Crippen molar-refractivity contribution in [1.82, 2.24) is 10.2 Å². The maximum absolute atomic E-state index is 13.5. The van der Waals surface area contributed by atoms with Crippen LogP contribution in [0.25, 0.3) is 0 Å². The minimum absolute atomic E-state index is 0.00613. The van der Waals surface area contributed by atoms with Gasteiger partial charge in [0.25, 0.3) is 0 Å². The Hall–Kier alpha value is -2.44. The third-order valence-electron chi connectivity index (χ3n) is 2.13. The minimum atomic E-state index is -1.42. The third kappa shape index (κ3) is 2.29. The van der Waals surface area contributed by atoms with Crippen LogP contribution in [0.2, 0.25) is 0 Å².